The SMILES string of the molecule is CCC(COS(=O)(=O)O)N(C)S(=O)[O-]. The van der Waals surface area contributed by atoms with E-state index in [-0.39, 0.29) is 0 Å². The quantitative estimate of drug-likeness (QED) is 0.491. The van der Waals surface area contributed by atoms with Gasteiger partial charge < -0.3 is 4.55 Å². The van der Waals surface area contributed by atoms with E-state index in [4.69, 9.17) is 4.55 Å². The minimum Gasteiger partial charge on any atom is -0.760 e. The van der Waals surface area contributed by atoms with Gasteiger partial charge in [-0.25, -0.2) is 8.49 Å². The van der Waals surface area contributed by atoms with Crippen LogP contribution in [0.5, 0.6) is 0 Å². The second-order valence-corrected chi connectivity index (χ2v) is 4.64. The van der Waals surface area contributed by atoms with Crippen LogP contribution in [0.3, 0.4) is 0 Å². The van der Waals surface area contributed by atoms with Crippen LogP contribution < -0.4 is 0 Å². The van der Waals surface area contributed by atoms with Crippen LogP contribution in [0.2, 0.25) is 0 Å². The van der Waals surface area contributed by atoms with Gasteiger partial charge in [-0.1, -0.05) is 6.92 Å². The van der Waals surface area contributed by atoms with Gasteiger partial charge in [-0.2, -0.15) is 8.42 Å². The molecule has 14 heavy (non-hydrogen) atoms. The molecule has 0 spiro atoms. The van der Waals surface area contributed by atoms with Crippen molar-refractivity contribution in [3.8, 4) is 0 Å². The Hall–Kier alpha value is -0.0600. The Labute approximate surface area is 85.4 Å². The van der Waals surface area contributed by atoms with E-state index in [0.717, 1.165) is 4.31 Å². The van der Waals surface area contributed by atoms with Gasteiger partial charge in [0.05, 0.1) is 6.61 Å². The molecule has 9 heteroatoms. The van der Waals surface area contributed by atoms with Crippen LogP contribution in [0.4, 0.5) is 0 Å². The highest BCUT2D eigenvalue weighted by atomic mass is 32.3. The van der Waals surface area contributed by atoms with Gasteiger partial charge in [-0.05, 0) is 13.5 Å². The van der Waals surface area contributed by atoms with Crippen LogP contribution in [-0.4, -0.2) is 45.7 Å². The summed E-state index contributed by atoms with van der Waals surface area (Å²) >= 11 is -2.44. The molecule has 0 aliphatic carbocycles. The standard InChI is InChI=1S/C5H13NO6S2/c1-3-5(6(2)13(7)8)4-12-14(9,10)11/h5H,3-4H2,1-2H3,(H,7,8)(H,9,10,11)/p-1. The maximum atomic E-state index is 10.5. The molecular formula is C5H12NO6S2-. The van der Waals surface area contributed by atoms with Crippen molar-refractivity contribution in [2.24, 2.45) is 0 Å². The smallest absolute Gasteiger partial charge is 0.397 e. The van der Waals surface area contributed by atoms with E-state index >= 15 is 0 Å². The summed E-state index contributed by atoms with van der Waals surface area (Å²) in [6.45, 7) is 1.27. The third-order valence-electron chi connectivity index (χ3n) is 1.63. The fourth-order valence-electron chi connectivity index (χ4n) is 0.766. The van der Waals surface area contributed by atoms with Crippen LogP contribution >= 0.6 is 0 Å². The molecule has 0 amide bonds. The van der Waals surface area contributed by atoms with Crippen molar-refractivity contribution in [2.75, 3.05) is 13.7 Å². The van der Waals surface area contributed by atoms with Crippen molar-refractivity contribution < 1.29 is 25.9 Å². The van der Waals surface area contributed by atoms with Crippen LogP contribution in [0.1, 0.15) is 13.3 Å². The molecule has 0 aliphatic heterocycles. The Balaban J connectivity index is 4.24. The van der Waals surface area contributed by atoms with Crippen molar-refractivity contribution in [3.05, 3.63) is 0 Å². The average Bonchev–Trinajstić information content (AvgIpc) is 2.02. The number of rotatable bonds is 6. The van der Waals surface area contributed by atoms with E-state index < -0.39 is 34.3 Å². The van der Waals surface area contributed by atoms with Gasteiger partial charge in [0.25, 0.3) is 0 Å². The molecule has 0 rings (SSSR count). The first-order valence-corrected chi connectivity index (χ1v) is 6.11. The van der Waals surface area contributed by atoms with Crippen LogP contribution in [0.15, 0.2) is 0 Å². The van der Waals surface area contributed by atoms with E-state index in [1.807, 2.05) is 0 Å². The van der Waals surface area contributed by atoms with Gasteiger partial charge in [-0.3, -0.25) is 8.76 Å². The predicted octanol–water partition coefficient (Wildman–Crippen LogP) is -0.690. The zero-order valence-electron chi connectivity index (χ0n) is 7.74. The lowest BCUT2D eigenvalue weighted by molar-refractivity contribution is 0.197. The second-order valence-electron chi connectivity index (χ2n) is 2.54. The molecule has 0 aromatic rings. The first-order valence-electron chi connectivity index (χ1n) is 3.72. The van der Waals surface area contributed by atoms with Crippen molar-refractivity contribution >= 4 is 21.7 Å². The molecule has 2 unspecified atom stereocenters. The molecule has 2 atom stereocenters. The molecule has 7 nitrogen and oxygen atoms in total. The van der Waals surface area contributed by atoms with E-state index in [2.05, 4.69) is 4.18 Å². The summed E-state index contributed by atoms with van der Waals surface area (Å²) < 4.78 is 54.6. The fourth-order valence-corrected chi connectivity index (χ4v) is 1.55. The average molecular weight is 246 g/mol. The van der Waals surface area contributed by atoms with Gasteiger partial charge in [0.15, 0.2) is 0 Å². The molecule has 0 saturated carbocycles. The van der Waals surface area contributed by atoms with Crippen LogP contribution in [0, 0.1) is 0 Å². The zero-order valence-corrected chi connectivity index (χ0v) is 9.38. The highest BCUT2D eigenvalue weighted by molar-refractivity contribution is 7.80. The highest BCUT2D eigenvalue weighted by Gasteiger charge is 2.16. The molecular weight excluding hydrogens is 234 g/mol. The van der Waals surface area contributed by atoms with Crippen molar-refractivity contribution in [3.63, 3.8) is 0 Å². The minimum atomic E-state index is -4.52. The molecule has 0 bridgehead atoms. The van der Waals surface area contributed by atoms with Crippen molar-refractivity contribution in [2.45, 2.75) is 19.4 Å². The third-order valence-corrected chi connectivity index (χ3v) is 2.83. The molecule has 0 heterocycles. The lowest BCUT2D eigenvalue weighted by Gasteiger charge is -2.27. The molecule has 86 valence electrons. The third kappa shape index (κ3) is 5.62. The predicted molar refractivity (Wildman–Crippen MR) is 48.3 cm³/mol. The first kappa shape index (κ1) is 13.9. The summed E-state index contributed by atoms with van der Waals surface area (Å²) in [5, 5.41) is 0. The normalized spacial score (nSPS) is 16.9. The zero-order chi connectivity index (χ0) is 11.4. The van der Waals surface area contributed by atoms with Crippen molar-refractivity contribution in [1.29, 1.82) is 0 Å². The Morgan fingerprint density at radius 1 is 1.64 bits per heavy atom. The van der Waals surface area contributed by atoms with Gasteiger partial charge in [-0.15, -0.1) is 0 Å². The van der Waals surface area contributed by atoms with E-state index in [9.17, 15) is 17.2 Å². The highest BCUT2D eigenvalue weighted by Crippen LogP contribution is 2.05. The van der Waals surface area contributed by atoms with E-state index in [0.29, 0.717) is 6.42 Å². The molecule has 0 radical (unpaired) electrons. The number of likely N-dealkylation sites (N-methyl/N-ethyl adjacent to an activating group) is 1. The summed E-state index contributed by atoms with van der Waals surface area (Å²) in [6.07, 6.45) is 0.375. The summed E-state index contributed by atoms with van der Waals surface area (Å²) in [7, 11) is -3.23. The number of hydrogen-bond donors (Lipinski definition) is 1. The summed E-state index contributed by atoms with van der Waals surface area (Å²) in [5.74, 6) is 0. The van der Waals surface area contributed by atoms with Crippen LogP contribution in [0.25, 0.3) is 0 Å². The molecule has 1 N–H and O–H groups in total. The molecule has 0 aromatic carbocycles. The van der Waals surface area contributed by atoms with E-state index in [1.165, 1.54) is 7.05 Å². The maximum Gasteiger partial charge on any atom is 0.397 e. The fraction of sp³-hybridized carbons (Fsp3) is 1.00. The Kier molecular flexibility index (Phi) is 5.71. The Morgan fingerprint density at radius 2 is 2.14 bits per heavy atom. The van der Waals surface area contributed by atoms with Crippen molar-refractivity contribution in [1.82, 2.24) is 4.31 Å². The first-order chi connectivity index (χ1) is 6.28. The topological polar surface area (TPSA) is 107 Å². The summed E-state index contributed by atoms with van der Waals surface area (Å²) in [5.41, 5.74) is 0. The van der Waals surface area contributed by atoms with Crippen LogP contribution in [-0.2, 0) is 25.8 Å². The molecule has 0 aliphatic rings. The summed E-state index contributed by atoms with van der Waals surface area (Å²) in [6, 6.07) is -0.616. The lowest BCUT2D eigenvalue weighted by atomic mass is 10.2. The lowest BCUT2D eigenvalue weighted by Crippen LogP contribution is -2.36. The minimum absolute atomic E-state index is 0.375. The summed E-state index contributed by atoms with van der Waals surface area (Å²) in [4.78, 5) is 0. The van der Waals surface area contributed by atoms with Gasteiger partial charge in [0.2, 0.25) is 0 Å². The largest absolute Gasteiger partial charge is 0.760 e. The number of hydrogen-bond acceptors (Lipinski definition) is 5. The Bertz CT molecular complexity index is 289. The van der Waals surface area contributed by atoms with Gasteiger partial charge in [0, 0.05) is 17.3 Å². The molecule has 0 aromatic heterocycles. The van der Waals surface area contributed by atoms with E-state index in [1.54, 1.807) is 6.92 Å². The monoisotopic (exact) mass is 246 g/mol. The molecule has 0 fully saturated rings. The number of nitrogens with zero attached hydrogens (tertiary/aromatic N) is 1. The Morgan fingerprint density at radius 3 is 2.43 bits per heavy atom. The van der Waals surface area contributed by atoms with Gasteiger partial charge >= 0.3 is 10.4 Å². The molecule has 0 saturated heterocycles. The van der Waals surface area contributed by atoms with Gasteiger partial charge in [0.1, 0.15) is 0 Å². The second kappa shape index (κ2) is 5.73. The maximum absolute atomic E-state index is 10.5.